The molecular formula is C14H14N2O2S4. The number of nitrogens with one attached hydrogen (secondary N) is 1. The van der Waals surface area contributed by atoms with Gasteiger partial charge in [0.1, 0.15) is 5.01 Å². The predicted molar refractivity (Wildman–Crippen MR) is 95.3 cm³/mol. The zero-order valence-electron chi connectivity index (χ0n) is 11.8. The Bertz CT molecular complexity index is 847. The van der Waals surface area contributed by atoms with Gasteiger partial charge < -0.3 is 0 Å². The minimum Gasteiger partial charge on any atom is -0.235 e. The van der Waals surface area contributed by atoms with Gasteiger partial charge in [-0.3, -0.25) is 0 Å². The van der Waals surface area contributed by atoms with Crippen LogP contribution < -0.4 is 4.72 Å². The first-order valence-electron chi connectivity index (χ1n) is 6.53. The van der Waals surface area contributed by atoms with E-state index in [-0.39, 0.29) is 0 Å². The predicted octanol–water partition coefficient (Wildman–Crippen LogP) is 3.69. The fourth-order valence-corrected chi connectivity index (χ4v) is 4.96. The lowest BCUT2D eigenvalue weighted by Gasteiger charge is -1.99. The summed E-state index contributed by atoms with van der Waals surface area (Å²) in [7, 11) is -3.12. The van der Waals surface area contributed by atoms with Crippen LogP contribution in [0.2, 0.25) is 0 Å². The average Bonchev–Trinajstić information content (AvgIpc) is 3.18. The Kier molecular flexibility index (Phi) is 4.74. The highest BCUT2D eigenvalue weighted by Gasteiger charge is 2.09. The molecule has 0 saturated carbocycles. The molecule has 0 spiro atoms. The van der Waals surface area contributed by atoms with Crippen LogP contribution in [-0.4, -0.2) is 26.2 Å². The third kappa shape index (κ3) is 4.02. The Morgan fingerprint density at radius 1 is 1.23 bits per heavy atom. The number of hydrogen-bond acceptors (Lipinski definition) is 6. The van der Waals surface area contributed by atoms with Gasteiger partial charge in [-0.25, -0.2) is 18.1 Å². The molecule has 3 rings (SSSR count). The highest BCUT2D eigenvalue weighted by atomic mass is 32.2. The summed E-state index contributed by atoms with van der Waals surface area (Å²) in [5.41, 5.74) is 2.15. The van der Waals surface area contributed by atoms with Crippen molar-refractivity contribution in [3.05, 3.63) is 39.2 Å². The maximum Gasteiger partial charge on any atom is 0.208 e. The number of rotatable bonds is 6. The molecule has 116 valence electrons. The standard InChI is InChI=1S/C14H14N2O2S4/c1-22(17,18)15-6-4-11-2-3-13(21-11)12-9-20-14(16-12)10-5-7-19-8-10/h2-3,5,7-9,15H,4,6H2,1H3. The largest absolute Gasteiger partial charge is 0.235 e. The number of aromatic nitrogens is 1. The van der Waals surface area contributed by atoms with E-state index in [9.17, 15) is 8.42 Å². The van der Waals surface area contributed by atoms with Crippen molar-refractivity contribution in [2.45, 2.75) is 6.42 Å². The number of sulfonamides is 1. The molecule has 0 aliphatic heterocycles. The Morgan fingerprint density at radius 3 is 2.82 bits per heavy atom. The van der Waals surface area contributed by atoms with Gasteiger partial charge in [0.05, 0.1) is 16.8 Å². The van der Waals surface area contributed by atoms with Crippen molar-refractivity contribution in [1.82, 2.24) is 9.71 Å². The van der Waals surface area contributed by atoms with E-state index in [1.165, 1.54) is 6.26 Å². The molecule has 0 radical (unpaired) electrons. The average molecular weight is 371 g/mol. The van der Waals surface area contributed by atoms with E-state index in [0.717, 1.165) is 26.0 Å². The lowest BCUT2D eigenvalue weighted by atomic mass is 10.3. The monoisotopic (exact) mass is 370 g/mol. The highest BCUT2D eigenvalue weighted by molar-refractivity contribution is 7.88. The molecule has 0 unspecified atom stereocenters. The second-order valence-corrected chi connectivity index (χ2v) is 9.37. The summed E-state index contributed by atoms with van der Waals surface area (Å²) in [5.74, 6) is 0. The number of hydrogen-bond donors (Lipinski definition) is 1. The van der Waals surface area contributed by atoms with Crippen molar-refractivity contribution >= 4 is 44.0 Å². The van der Waals surface area contributed by atoms with E-state index in [1.807, 2.05) is 12.1 Å². The molecular weight excluding hydrogens is 356 g/mol. The lowest BCUT2D eigenvalue weighted by Crippen LogP contribution is -2.23. The van der Waals surface area contributed by atoms with E-state index in [0.29, 0.717) is 13.0 Å². The van der Waals surface area contributed by atoms with E-state index in [4.69, 9.17) is 0 Å². The van der Waals surface area contributed by atoms with Crippen LogP contribution in [0.4, 0.5) is 0 Å². The van der Waals surface area contributed by atoms with Gasteiger partial charge in [-0.15, -0.1) is 22.7 Å². The molecule has 0 saturated heterocycles. The molecule has 0 bridgehead atoms. The van der Waals surface area contributed by atoms with Crippen molar-refractivity contribution in [2.75, 3.05) is 12.8 Å². The summed E-state index contributed by atoms with van der Waals surface area (Å²) in [5, 5.41) is 7.25. The van der Waals surface area contributed by atoms with Crippen LogP contribution in [0, 0.1) is 0 Å². The van der Waals surface area contributed by atoms with Gasteiger partial charge >= 0.3 is 0 Å². The molecule has 0 aliphatic carbocycles. The van der Waals surface area contributed by atoms with Crippen LogP contribution in [0.3, 0.4) is 0 Å². The Labute approximate surface area is 141 Å². The first kappa shape index (κ1) is 15.8. The molecule has 1 N–H and O–H groups in total. The van der Waals surface area contributed by atoms with Crippen molar-refractivity contribution in [2.24, 2.45) is 0 Å². The topological polar surface area (TPSA) is 59.1 Å². The van der Waals surface area contributed by atoms with Gasteiger partial charge in [0, 0.05) is 27.7 Å². The maximum atomic E-state index is 11.0. The quantitative estimate of drug-likeness (QED) is 0.720. The third-order valence-corrected chi connectivity index (χ3v) is 6.39. The molecule has 4 nitrogen and oxygen atoms in total. The molecule has 0 fully saturated rings. The smallest absolute Gasteiger partial charge is 0.208 e. The number of thiophene rings is 2. The molecule has 3 aromatic rings. The second-order valence-electron chi connectivity index (χ2n) is 4.73. The van der Waals surface area contributed by atoms with Crippen LogP contribution in [-0.2, 0) is 16.4 Å². The van der Waals surface area contributed by atoms with E-state index in [2.05, 4.69) is 31.9 Å². The van der Waals surface area contributed by atoms with Gasteiger partial charge in [-0.1, -0.05) is 0 Å². The zero-order valence-corrected chi connectivity index (χ0v) is 15.0. The SMILES string of the molecule is CS(=O)(=O)NCCc1ccc(-c2csc(-c3ccsc3)n2)s1. The number of thiazole rings is 1. The van der Waals surface area contributed by atoms with Crippen LogP contribution in [0.15, 0.2) is 34.3 Å². The van der Waals surface area contributed by atoms with Gasteiger partial charge in [-0.05, 0) is 30.0 Å². The Hall–Kier alpha value is -1.06. The summed E-state index contributed by atoms with van der Waals surface area (Å²) in [6.07, 6.45) is 1.87. The van der Waals surface area contributed by atoms with Gasteiger partial charge in [0.15, 0.2) is 0 Å². The fourth-order valence-electron chi connectivity index (χ4n) is 1.92. The van der Waals surface area contributed by atoms with Gasteiger partial charge in [0.2, 0.25) is 10.0 Å². The number of nitrogens with zero attached hydrogens (tertiary/aromatic N) is 1. The molecule has 0 amide bonds. The molecule has 0 atom stereocenters. The van der Waals surface area contributed by atoms with Crippen molar-refractivity contribution < 1.29 is 8.42 Å². The van der Waals surface area contributed by atoms with Crippen LogP contribution in [0.1, 0.15) is 4.88 Å². The highest BCUT2D eigenvalue weighted by Crippen LogP contribution is 2.33. The Morgan fingerprint density at radius 2 is 2.09 bits per heavy atom. The summed E-state index contributed by atoms with van der Waals surface area (Å²) in [6.45, 7) is 0.427. The Balaban J connectivity index is 1.69. The van der Waals surface area contributed by atoms with Crippen LogP contribution in [0.25, 0.3) is 21.1 Å². The van der Waals surface area contributed by atoms with E-state index < -0.39 is 10.0 Å². The molecule has 0 aromatic carbocycles. The third-order valence-electron chi connectivity index (χ3n) is 2.92. The summed E-state index contributed by atoms with van der Waals surface area (Å²) in [6, 6.07) is 6.16. The molecule has 3 aromatic heterocycles. The summed E-state index contributed by atoms with van der Waals surface area (Å²) in [4.78, 5) is 6.95. The molecule has 0 aliphatic rings. The first-order chi connectivity index (χ1) is 10.5. The minimum absolute atomic E-state index is 0.427. The van der Waals surface area contributed by atoms with Crippen molar-refractivity contribution in [1.29, 1.82) is 0 Å². The van der Waals surface area contributed by atoms with Crippen molar-refractivity contribution in [3.8, 4) is 21.1 Å². The van der Waals surface area contributed by atoms with Gasteiger partial charge in [0.25, 0.3) is 0 Å². The van der Waals surface area contributed by atoms with E-state index in [1.54, 1.807) is 34.0 Å². The maximum absolute atomic E-state index is 11.0. The molecule has 22 heavy (non-hydrogen) atoms. The summed E-state index contributed by atoms with van der Waals surface area (Å²) >= 11 is 4.97. The van der Waals surface area contributed by atoms with Crippen LogP contribution in [0.5, 0.6) is 0 Å². The lowest BCUT2D eigenvalue weighted by molar-refractivity contribution is 0.588. The second kappa shape index (κ2) is 6.59. The molecule has 8 heteroatoms. The zero-order chi connectivity index (χ0) is 15.6. The summed E-state index contributed by atoms with van der Waals surface area (Å²) < 4.78 is 24.6. The fraction of sp³-hybridized carbons (Fsp3) is 0.214. The normalized spacial score (nSPS) is 11.9. The van der Waals surface area contributed by atoms with Crippen LogP contribution >= 0.6 is 34.0 Å². The van der Waals surface area contributed by atoms with Gasteiger partial charge in [-0.2, -0.15) is 11.3 Å². The van der Waals surface area contributed by atoms with E-state index >= 15 is 0 Å². The molecule has 3 heterocycles. The minimum atomic E-state index is -3.12. The first-order valence-corrected chi connectivity index (χ1v) is 11.1. The van der Waals surface area contributed by atoms with Crippen molar-refractivity contribution in [3.63, 3.8) is 0 Å².